The Bertz CT molecular complexity index is 442. The van der Waals surface area contributed by atoms with Gasteiger partial charge in [-0.3, -0.25) is 4.79 Å². The molecule has 3 nitrogen and oxygen atoms in total. The molecule has 0 spiro atoms. The minimum atomic E-state index is -0.477. The number of likely N-dealkylation sites (tertiary alicyclic amines) is 1. The van der Waals surface area contributed by atoms with E-state index in [1.807, 2.05) is 0 Å². The van der Waals surface area contributed by atoms with Crippen LogP contribution < -0.4 is 0 Å². The van der Waals surface area contributed by atoms with Crippen molar-refractivity contribution in [1.82, 2.24) is 4.90 Å². The van der Waals surface area contributed by atoms with Gasteiger partial charge in [0.05, 0.1) is 6.61 Å². The third kappa shape index (κ3) is 1.29. The molecule has 20 heavy (non-hydrogen) atoms. The first-order valence-corrected chi connectivity index (χ1v) is 8.47. The van der Waals surface area contributed by atoms with Crippen LogP contribution in [-0.4, -0.2) is 36.1 Å². The van der Waals surface area contributed by atoms with E-state index in [0.717, 1.165) is 26.1 Å². The molecule has 0 N–H and O–H groups in total. The summed E-state index contributed by atoms with van der Waals surface area (Å²) in [5, 5.41) is 0. The minimum Gasteiger partial charge on any atom is -0.364 e. The van der Waals surface area contributed by atoms with Crippen molar-refractivity contribution < 1.29 is 9.53 Å². The van der Waals surface area contributed by atoms with Gasteiger partial charge in [0.25, 0.3) is 5.91 Å². The van der Waals surface area contributed by atoms with Crippen molar-refractivity contribution in [2.75, 3.05) is 19.7 Å². The van der Waals surface area contributed by atoms with Gasteiger partial charge in [0.15, 0.2) is 5.60 Å². The van der Waals surface area contributed by atoms with Crippen LogP contribution in [0.15, 0.2) is 0 Å². The second-order valence-electron chi connectivity index (χ2n) is 8.01. The molecular weight excluding hydrogens is 250 g/mol. The Morgan fingerprint density at radius 3 is 2.45 bits per heavy atom. The Kier molecular flexibility index (Phi) is 2.62. The van der Waals surface area contributed by atoms with Gasteiger partial charge in [-0.1, -0.05) is 26.7 Å². The van der Waals surface area contributed by atoms with Gasteiger partial charge in [0.2, 0.25) is 0 Å². The molecule has 4 rings (SSSR count). The molecule has 0 unspecified atom stereocenters. The number of nitrogens with zero attached hydrogens (tertiary/aromatic N) is 1. The van der Waals surface area contributed by atoms with Crippen molar-refractivity contribution in [2.45, 2.75) is 64.4 Å². The second-order valence-corrected chi connectivity index (χ2v) is 8.01. The van der Waals surface area contributed by atoms with Crippen LogP contribution >= 0.6 is 0 Å². The fraction of sp³-hybridized carbons (Fsp3) is 0.941. The van der Waals surface area contributed by atoms with Crippen LogP contribution in [0.25, 0.3) is 0 Å². The summed E-state index contributed by atoms with van der Waals surface area (Å²) in [6.07, 6.45) is 8.33. The molecule has 2 aliphatic heterocycles. The molecule has 0 aromatic heterocycles. The summed E-state index contributed by atoms with van der Waals surface area (Å²) in [7, 11) is 0. The van der Waals surface area contributed by atoms with Gasteiger partial charge < -0.3 is 9.64 Å². The molecule has 0 aromatic carbocycles. The zero-order valence-corrected chi connectivity index (χ0v) is 12.9. The molecular formula is C17H27NO2. The fourth-order valence-electron chi connectivity index (χ4n) is 5.76. The maximum atomic E-state index is 13.3. The van der Waals surface area contributed by atoms with E-state index < -0.39 is 5.60 Å². The standard InChI is InChI=1S/C17H27NO2/c1-15-12-20-17(11-13(15)7-8-16(15,17)2)14(19)18-9-5-3-4-6-10-18/h13H,3-12H2,1-2H3/t13-,15-,16+,17+/m0/s1. The quantitative estimate of drug-likeness (QED) is 0.737. The lowest BCUT2D eigenvalue weighted by molar-refractivity contribution is -0.167. The second kappa shape index (κ2) is 4.00. The fourth-order valence-corrected chi connectivity index (χ4v) is 5.76. The first kappa shape index (κ1) is 13.1. The molecule has 1 amide bonds. The molecule has 4 fully saturated rings. The maximum Gasteiger partial charge on any atom is 0.255 e. The van der Waals surface area contributed by atoms with Crippen LogP contribution in [0, 0.1) is 16.7 Å². The topological polar surface area (TPSA) is 29.5 Å². The van der Waals surface area contributed by atoms with E-state index in [9.17, 15) is 4.79 Å². The van der Waals surface area contributed by atoms with Crippen molar-refractivity contribution in [3.8, 4) is 0 Å². The largest absolute Gasteiger partial charge is 0.364 e. The number of carbonyl (C=O) groups excluding carboxylic acids is 1. The number of amides is 1. The summed E-state index contributed by atoms with van der Waals surface area (Å²) in [6, 6.07) is 0. The summed E-state index contributed by atoms with van der Waals surface area (Å²) in [6.45, 7) is 7.40. The highest BCUT2D eigenvalue weighted by atomic mass is 16.5. The van der Waals surface area contributed by atoms with Crippen LogP contribution in [0.1, 0.15) is 58.8 Å². The van der Waals surface area contributed by atoms with Gasteiger partial charge in [-0.25, -0.2) is 0 Å². The van der Waals surface area contributed by atoms with E-state index in [4.69, 9.17) is 4.74 Å². The summed E-state index contributed by atoms with van der Waals surface area (Å²) in [4.78, 5) is 15.4. The number of hydrogen-bond acceptors (Lipinski definition) is 2. The van der Waals surface area contributed by atoms with E-state index in [1.165, 1.54) is 38.5 Å². The average Bonchev–Trinajstić information content (AvgIpc) is 2.79. The third-order valence-corrected chi connectivity index (χ3v) is 7.44. The lowest BCUT2D eigenvalue weighted by atomic mass is 9.66. The monoisotopic (exact) mass is 277 g/mol. The Balaban J connectivity index is 1.66. The van der Waals surface area contributed by atoms with Crippen molar-refractivity contribution in [3.63, 3.8) is 0 Å². The lowest BCUT2D eigenvalue weighted by Crippen LogP contribution is -2.56. The third-order valence-electron chi connectivity index (χ3n) is 7.44. The zero-order chi connectivity index (χ0) is 14.0. The lowest BCUT2D eigenvalue weighted by Gasteiger charge is -2.42. The van der Waals surface area contributed by atoms with Gasteiger partial charge in [-0.15, -0.1) is 0 Å². The Morgan fingerprint density at radius 2 is 1.85 bits per heavy atom. The molecule has 112 valence electrons. The SMILES string of the molecule is C[C@]12CC[C@H]3C[C@]1(C(=O)N1CCCCCC1)OC[C@@]32C. The number of ether oxygens (including phenoxy) is 1. The molecule has 3 heteroatoms. The summed E-state index contributed by atoms with van der Waals surface area (Å²) in [5.74, 6) is 1.03. The molecule has 4 bridgehead atoms. The van der Waals surface area contributed by atoms with E-state index >= 15 is 0 Å². The number of hydrogen-bond donors (Lipinski definition) is 0. The van der Waals surface area contributed by atoms with Gasteiger partial charge in [0, 0.05) is 23.9 Å². The summed E-state index contributed by atoms with van der Waals surface area (Å²) < 4.78 is 6.24. The Hall–Kier alpha value is -0.570. The van der Waals surface area contributed by atoms with Crippen LogP contribution in [0.4, 0.5) is 0 Å². The summed E-state index contributed by atoms with van der Waals surface area (Å²) >= 11 is 0. The predicted molar refractivity (Wildman–Crippen MR) is 77.3 cm³/mol. The van der Waals surface area contributed by atoms with Crippen molar-refractivity contribution in [1.29, 1.82) is 0 Å². The van der Waals surface area contributed by atoms with Crippen LogP contribution in [0.3, 0.4) is 0 Å². The maximum absolute atomic E-state index is 13.3. The number of carbonyl (C=O) groups is 1. The molecule has 4 aliphatic rings. The van der Waals surface area contributed by atoms with E-state index in [2.05, 4.69) is 18.7 Å². The van der Waals surface area contributed by atoms with Crippen LogP contribution in [-0.2, 0) is 9.53 Å². The Morgan fingerprint density at radius 1 is 1.15 bits per heavy atom. The van der Waals surface area contributed by atoms with E-state index in [0.29, 0.717) is 11.8 Å². The van der Waals surface area contributed by atoms with Crippen molar-refractivity contribution in [2.24, 2.45) is 16.7 Å². The van der Waals surface area contributed by atoms with Gasteiger partial charge in [-0.2, -0.15) is 0 Å². The molecule has 0 aromatic rings. The van der Waals surface area contributed by atoms with Crippen molar-refractivity contribution >= 4 is 5.91 Å². The smallest absolute Gasteiger partial charge is 0.255 e. The highest BCUT2D eigenvalue weighted by Crippen LogP contribution is 2.75. The molecule has 0 radical (unpaired) electrons. The minimum absolute atomic E-state index is 0.0774. The molecule has 2 aliphatic carbocycles. The van der Waals surface area contributed by atoms with E-state index in [1.54, 1.807) is 0 Å². The molecule has 2 saturated heterocycles. The zero-order valence-electron chi connectivity index (χ0n) is 12.9. The van der Waals surface area contributed by atoms with Gasteiger partial charge >= 0.3 is 0 Å². The highest BCUT2D eigenvalue weighted by Gasteiger charge is 2.78. The summed E-state index contributed by atoms with van der Waals surface area (Å²) in [5.41, 5.74) is -0.155. The van der Waals surface area contributed by atoms with Crippen molar-refractivity contribution in [3.05, 3.63) is 0 Å². The van der Waals surface area contributed by atoms with Gasteiger partial charge in [-0.05, 0) is 38.0 Å². The first-order chi connectivity index (χ1) is 9.54. The highest BCUT2D eigenvalue weighted by molar-refractivity contribution is 5.88. The number of rotatable bonds is 1. The molecule has 2 saturated carbocycles. The van der Waals surface area contributed by atoms with Crippen LogP contribution in [0.5, 0.6) is 0 Å². The molecule has 2 heterocycles. The molecule has 4 atom stereocenters. The van der Waals surface area contributed by atoms with Gasteiger partial charge in [0.1, 0.15) is 0 Å². The Labute approximate surface area is 122 Å². The average molecular weight is 277 g/mol. The van der Waals surface area contributed by atoms with E-state index in [-0.39, 0.29) is 10.8 Å². The normalized spacial score (nSPS) is 50.5. The first-order valence-electron chi connectivity index (χ1n) is 8.47. The van der Waals surface area contributed by atoms with Crippen LogP contribution in [0.2, 0.25) is 0 Å². The predicted octanol–water partition coefficient (Wildman–Crippen LogP) is 2.98.